The Morgan fingerprint density at radius 2 is 2.13 bits per heavy atom. The lowest BCUT2D eigenvalue weighted by atomic mass is 10.2. The van der Waals surface area contributed by atoms with Crippen molar-refractivity contribution >= 4 is 24.2 Å². The van der Waals surface area contributed by atoms with E-state index in [1.54, 1.807) is 23.6 Å². The number of aromatic nitrogens is 4. The number of ether oxygens (including phenoxy) is 2. The first-order valence-corrected chi connectivity index (χ1v) is 8.08. The Bertz CT molecular complexity index is 596. The Labute approximate surface area is 146 Å². The van der Waals surface area contributed by atoms with E-state index in [1.165, 1.54) is 0 Å². The number of hydrogen-bond acceptors (Lipinski definition) is 7. The third-order valence-electron chi connectivity index (χ3n) is 2.95. The smallest absolute Gasteiger partial charge is 0.209 e. The van der Waals surface area contributed by atoms with Crippen LogP contribution in [0.3, 0.4) is 0 Å². The third kappa shape index (κ3) is 5.89. The summed E-state index contributed by atoms with van der Waals surface area (Å²) in [4.78, 5) is 0. The van der Waals surface area contributed by atoms with Crippen molar-refractivity contribution in [3.63, 3.8) is 0 Å². The summed E-state index contributed by atoms with van der Waals surface area (Å²) in [7, 11) is 3.48. The molecule has 0 aliphatic heterocycles. The van der Waals surface area contributed by atoms with Crippen LogP contribution in [0.2, 0.25) is 0 Å². The van der Waals surface area contributed by atoms with Crippen molar-refractivity contribution in [3.8, 4) is 11.5 Å². The monoisotopic (exact) mass is 359 g/mol. The van der Waals surface area contributed by atoms with Gasteiger partial charge >= 0.3 is 0 Å². The maximum Gasteiger partial charge on any atom is 0.209 e. The summed E-state index contributed by atoms with van der Waals surface area (Å²) in [6, 6.07) is 5.98. The molecule has 0 unspecified atom stereocenters. The fraction of sp³-hybridized carbons (Fsp3) is 0.500. The summed E-state index contributed by atoms with van der Waals surface area (Å²) < 4.78 is 12.5. The van der Waals surface area contributed by atoms with Crippen LogP contribution in [0, 0.1) is 0 Å². The Kier molecular flexibility index (Phi) is 8.75. The average Bonchev–Trinajstić information content (AvgIpc) is 2.93. The number of nitrogens with zero attached hydrogens (tertiary/aromatic N) is 4. The normalized spacial score (nSPS) is 10.2. The SMILES string of the molecule is CCOc1cc(CNCCSc2nnnn2C)ccc1OC.Cl. The van der Waals surface area contributed by atoms with Crippen LogP contribution in [-0.2, 0) is 13.6 Å². The van der Waals surface area contributed by atoms with E-state index in [4.69, 9.17) is 9.47 Å². The number of aryl methyl sites for hydroxylation is 1. The lowest BCUT2D eigenvalue weighted by molar-refractivity contribution is 0.310. The van der Waals surface area contributed by atoms with Crippen molar-refractivity contribution in [1.82, 2.24) is 25.5 Å². The van der Waals surface area contributed by atoms with Crippen molar-refractivity contribution in [1.29, 1.82) is 0 Å². The van der Waals surface area contributed by atoms with Crippen LogP contribution in [0.15, 0.2) is 23.4 Å². The molecule has 9 heteroatoms. The van der Waals surface area contributed by atoms with Gasteiger partial charge in [0.1, 0.15) is 0 Å². The van der Waals surface area contributed by atoms with Crippen LogP contribution < -0.4 is 14.8 Å². The van der Waals surface area contributed by atoms with E-state index >= 15 is 0 Å². The summed E-state index contributed by atoms with van der Waals surface area (Å²) in [5.74, 6) is 2.45. The minimum atomic E-state index is 0. The lowest BCUT2D eigenvalue weighted by Gasteiger charge is -2.11. The van der Waals surface area contributed by atoms with Gasteiger partial charge in [-0.25, -0.2) is 4.68 Å². The van der Waals surface area contributed by atoms with E-state index in [2.05, 4.69) is 20.8 Å². The Morgan fingerprint density at radius 3 is 2.78 bits per heavy atom. The van der Waals surface area contributed by atoms with Crippen LogP contribution in [0.4, 0.5) is 0 Å². The molecule has 0 aliphatic rings. The molecule has 0 atom stereocenters. The van der Waals surface area contributed by atoms with Gasteiger partial charge in [0, 0.05) is 25.9 Å². The zero-order chi connectivity index (χ0) is 15.8. The van der Waals surface area contributed by atoms with E-state index in [0.717, 1.165) is 41.1 Å². The number of hydrogen-bond donors (Lipinski definition) is 1. The Hall–Kier alpha value is -1.51. The van der Waals surface area contributed by atoms with Gasteiger partial charge in [0.25, 0.3) is 0 Å². The molecule has 2 rings (SSSR count). The standard InChI is InChI=1S/C14H21N5O2S.ClH/c1-4-21-13-9-11(5-6-12(13)20-3)10-15-7-8-22-14-16-17-18-19(14)2;/h5-6,9,15H,4,7-8,10H2,1-3H3;1H. The molecule has 23 heavy (non-hydrogen) atoms. The quantitative estimate of drug-likeness (QED) is 0.541. The first-order valence-electron chi connectivity index (χ1n) is 7.10. The molecule has 128 valence electrons. The molecule has 0 amide bonds. The fourth-order valence-corrected chi connectivity index (χ4v) is 2.64. The fourth-order valence-electron chi connectivity index (χ4n) is 1.89. The van der Waals surface area contributed by atoms with Crippen molar-refractivity contribution in [2.45, 2.75) is 18.6 Å². The van der Waals surface area contributed by atoms with E-state index in [9.17, 15) is 0 Å². The van der Waals surface area contributed by atoms with Gasteiger partial charge in [-0.15, -0.1) is 17.5 Å². The number of benzene rings is 1. The van der Waals surface area contributed by atoms with Crippen LogP contribution >= 0.6 is 24.2 Å². The summed E-state index contributed by atoms with van der Waals surface area (Å²) in [5.41, 5.74) is 1.16. The summed E-state index contributed by atoms with van der Waals surface area (Å²) in [5, 5.41) is 15.6. The van der Waals surface area contributed by atoms with E-state index in [0.29, 0.717) is 6.61 Å². The summed E-state index contributed by atoms with van der Waals surface area (Å²) in [6.07, 6.45) is 0. The molecule has 0 aliphatic carbocycles. The second-order valence-corrected chi connectivity index (χ2v) is 5.59. The second-order valence-electron chi connectivity index (χ2n) is 4.53. The lowest BCUT2D eigenvalue weighted by Crippen LogP contribution is -2.16. The first kappa shape index (κ1) is 19.5. The highest BCUT2D eigenvalue weighted by Crippen LogP contribution is 2.27. The maximum atomic E-state index is 5.58. The van der Waals surface area contributed by atoms with Crippen LogP contribution in [0.25, 0.3) is 0 Å². The molecule has 2 aromatic rings. The van der Waals surface area contributed by atoms with E-state index in [-0.39, 0.29) is 12.4 Å². The largest absolute Gasteiger partial charge is 0.493 e. The van der Waals surface area contributed by atoms with Gasteiger partial charge in [-0.05, 0) is 35.0 Å². The van der Waals surface area contributed by atoms with Gasteiger partial charge < -0.3 is 14.8 Å². The summed E-state index contributed by atoms with van der Waals surface area (Å²) >= 11 is 1.63. The van der Waals surface area contributed by atoms with Crippen LogP contribution in [0.1, 0.15) is 12.5 Å². The highest BCUT2D eigenvalue weighted by molar-refractivity contribution is 7.99. The zero-order valence-electron chi connectivity index (χ0n) is 13.5. The number of tetrazole rings is 1. The molecular weight excluding hydrogens is 338 g/mol. The Morgan fingerprint density at radius 1 is 1.30 bits per heavy atom. The van der Waals surface area contributed by atoms with Crippen molar-refractivity contribution in [3.05, 3.63) is 23.8 Å². The Balaban J connectivity index is 0.00000264. The topological polar surface area (TPSA) is 74.1 Å². The number of thioether (sulfide) groups is 1. The number of halogens is 1. The average molecular weight is 360 g/mol. The predicted octanol–water partition coefficient (Wildman–Crippen LogP) is 1.92. The molecule has 1 N–H and O–H groups in total. The van der Waals surface area contributed by atoms with Crippen LogP contribution in [-0.4, -0.2) is 46.2 Å². The molecule has 1 heterocycles. The molecule has 0 bridgehead atoms. The molecule has 7 nitrogen and oxygen atoms in total. The number of nitrogens with one attached hydrogen (secondary N) is 1. The van der Waals surface area contributed by atoms with Gasteiger partial charge in [-0.1, -0.05) is 17.8 Å². The maximum absolute atomic E-state index is 5.58. The highest BCUT2D eigenvalue weighted by Gasteiger charge is 2.05. The molecule has 1 aromatic carbocycles. The van der Waals surface area contributed by atoms with E-state index < -0.39 is 0 Å². The second kappa shape index (κ2) is 10.3. The first-order chi connectivity index (χ1) is 10.7. The van der Waals surface area contributed by atoms with Crippen molar-refractivity contribution < 1.29 is 9.47 Å². The molecule has 0 saturated carbocycles. The molecule has 0 fully saturated rings. The molecule has 0 radical (unpaired) electrons. The molecular formula is C14H22ClN5O2S. The number of methoxy groups -OCH3 is 1. The van der Waals surface area contributed by atoms with Crippen molar-refractivity contribution in [2.24, 2.45) is 7.05 Å². The van der Waals surface area contributed by atoms with Crippen LogP contribution in [0.5, 0.6) is 11.5 Å². The van der Waals surface area contributed by atoms with Gasteiger partial charge in [0.2, 0.25) is 5.16 Å². The predicted molar refractivity (Wildman–Crippen MR) is 92.6 cm³/mol. The van der Waals surface area contributed by atoms with Gasteiger partial charge in [0.15, 0.2) is 11.5 Å². The van der Waals surface area contributed by atoms with E-state index in [1.807, 2.05) is 32.2 Å². The highest BCUT2D eigenvalue weighted by atomic mass is 35.5. The minimum absolute atomic E-state index is 0. The molecule has 0 saturated heterocycles. The van der Waals surface area contributed by atoms with Gasteiger partial charge in [-0.2, -0.15) is 0 Å². The molecule has 0 spiro atoms. The minimum Gasteiger partial charge on any atom is -0.493 e. The zero-order valence-corrected chi connectivity index (χ0v) is 15.1. The number of rotatable bonds is 9. The van der Waals surface area contributed by atoms with Crippen molar-refractivity contribution in [2.75, 3.05) is 26.0 Å². The van der Waals surface area contributed by atoms with Gasteiger partial charge in [0.05, 0.1) is 13.7 Å². The van der Waals surface area contributed by atoms with Gasteiger partial charge in [-0.3, -0.25) is 0 Å². The molecule has 1 aromatic heterocycles. The summed E-state index contributed by atoms with van der Waals surface area (Å²) in [6.45, 7) is 4.23. The third-order valence-corrected chi connectivity index (χ3v) is 3.96.